The van der Waals surface area contributed by atoms with Crippen LogP contribution in [0, 0.1) is 11.8 Å². The van der Waals surface area contributed by atoms with Gasteiger partial charge in [-0.15, -0.1) is 0 Å². The first-order chi connectivity index (χ1) is 23.9. The van der Waals surface area contributed by atoms with Gasteiger partial charge in [0, 0.05) is 32.3 Å². The maximum Gasteiger partial charge on any atom is 0.305 e. The van der Waals surface area contributed by atoms with Crippen molar-refractivity contribution in [3.63, 3.8) is 0 Å². The summed E-state index contributed by atoms with van der Waals surface area (Å²) in [5, 5.41) is 12.6. The van der Waals surface area contributed by atoms with E-state index in [4.69, 9.17) is 23.7 Å². The fourth-order valence-electron chi connectivity index (χ4n) is 4.94. The highest BCUT2D eigenvalue weighted by atomic mass is 16.6. The fourth-order valence-corrected chi connectivity index (χ4v) is 4.94. The summed E-state index contributed by atoms with van der Waals surface area (Å²) in [6, 6.07) is 0. The average Bonchev–Trinajstić information content (AvgIpc) is 3.09. The van der Waals surface area contributed by atoms with Gasteiger partial charge in [-0.2, -0.15) is 0 Å². The highest BCUT2D eigenvalue weighted by Crippen LogP contribution is 2.11. The van der Waals surface area contributed by atoms with E-state index in [-0.39, 0.29) is 75.7 Å². The molecule has 0 aliphatic heterocycles. The normalized spacial score (nSPS) is 12.3. The van der Waals surface area contributed by atoms with Crippen molar-refractivity contribution in [3.05, 3.63) is 0 Å². The third-order valence-electron chi connectivity index (χ3n) is 8.08. The van der Waals surface area contributed by atoms with Crippen molar-refractivity contribution in [1.29, 1.82) is 0 Å². The molecule has 0 heterocycles. The highest BCUT2D eigenvalue weighted by molar-refractivity contribution is 5.70. The Labute approximate surface area is 297 Å². The fraction of sp³-hybridized carbons (Fsp3) is 0.895. The zero-order valence-electron chi connectivity index (χ0n) is 31.3. The Hall–Kier alpha value is -2.24. The van der Waals surface area contributed by atoms with Gasteiger partial charge < -0.3 is 34.1 Å². The van der Waals surface area contributed by atoms with Crippen LogP contribution in [0.3, 0.4) is 0 Å². The zero-order valence-corrected chi connectivity index (χ0v) is 31.3. The molecule has 0 aliphatic carbocycles. The number of hydrogen-bond acceptors (Lipinski definition) is 11. The molecule has 11 nitrogen and oxygen atoms in total. The molecule has 0 aromatic heterocycles. The number of carbonyl (C=O) groups is 4. The predicted molar refractivity (Wildman–Crippen MR) is 191 cm³/mol. The van der Waals surface area contributed by atoms with E-state index in [0.29, 0.717) is 58.4 Å². The SMILES string of the molecule is CCCCCCCCCOCC(COC(=O)CCCCCCCC)COC(=O)CCCNCCCC(=O)OCC(CO)COC(=O)CCC. The number of hydrogen-bond donors (Lipinski definition) is 2. The molecule has 0 aliphatic rings. The molecule has 0 bridgehead atoms. The lowest BCUT2D eigenvalue weighted by atomic mass is 10.1. The first-order valence-corrected chi connectivity index (χ1v) is 19.4. The van der Waals surface area contributed by atoms with E-state index in [2.05, 4.69) is 19.2 Å². The lowest BCUT2D eigenvalue weighted by molar-refractivity contribution is -0.152. The summed E-state index contributed by atoms with van der Waals surface area (Å²) in [5.41, 5.74) is 0. The van der Waals surface area contributed by atoms with E-state index in [9.17, 15) is 24.3 Å². The standard InChI is InChI=1S/C38H71NO10/c1-4-7-9-11-13-15-17-26-45-28-34(31-48-36(42)21-16-14-12-10-8-5-2)32-49-38(44)23-19-25-39-24-18-22-37(43)47-30-33(27-40)29-46-35(41)20-6-3/h33-34,39-40H,4-32H2,1-3H3. The van der Waals surface area contributed by atoms with Gasteiger partial charge in [0.25, 0.3) is 0 Å². The smallest absolute Gasteiger partial charge is 0.305 e. The molecule has 0 rings (SSSR count). The predicted octanol–water partition coefficient (Wildman–Crippen LogP) is 6.85. The molecule has 2 N–H and O–H groups in total. The summed E-state index contributed by atoms with van der Waals surface area (Å²) in [4.78, 5) is 48.2. The van der Waals surface area contributed by atoms with Gasteiger partial charge in [-0.25, -0.2) is 0 Å². The lowest BCUT2D eigenvalue weighted by Gasteiger charge is -2.18. The molecule has 0 aromatic carbocycles. The Morgan fingerprint density at radius 1 is 0.469 bits per heavy atom. The first kappa shape index (κ1) is 46.8. The van der Waals surface area contributed by atoms with Gasteiger partial charge in [0.15, 0.2) is 0 Å². The van der Waals surface area contributed by atoms with Gasteiger partial charge in [-0.3, -0.25) is 19.2 Å². The molecular weight excluding hydrogens is 630 g/mol. The Morgan fingerprint density at radius 3 is 1.35 bits per heavy atom. The third-order valence-corrected chi connectivity index (χ3v) is 8.08. The van der Waals surface area contributed by atoms with Crippen molar-refractivity contribution >= 4 is 23.9 Å². The monoisotopic (exact) mass is 702 g/mol. The molecule has 2 atom stereocenters. The number of aliphatic hydroxyl groups excluding tert-OH is 1. The van der Waals surface area contributed by atoms with Crippen molar-refractivity contribution in [2.45, 2.75) is 149 Å². The molecule has 0 radical (unpaired) electrons. The minimum absolute atomic E-state index is 0.00190. The molecule has 0 aromatic rings. The molecule has 49 heavy (non-hydrogen) atoms. The van der Waals surface area contributed by atoms with Crippen molar-refractivity contribution in [2.24, 2.45) is 11.8 Å². The Morgan fingerprint density at radius 2 is 0.878 bits per heavy atom. The van der Waals surface area contributed by atoms with Crippen LogP contribution in [0.2, 0.25) is 0 Å². The van der Waals surface area contributed by atoms with Crippen LogP contribution in [0.5, 0.6) is 0 Å². The minimum atomic E-state index is -0.440. The molecule has 288 valence electrons. The minimum Gasteiger partial charge on any atom is -0.465 e. The van der Waals surface area contributed by atoms with E-state index < -0.39 is 5.92 Å². The molecule has 0 spiro atoms. The van der Waals surface area contributed by atoms with Crippen molar-refractivity contribution in [3.8, 4) is 0 Å². The van der Waals surface area contributed by atoms with Crippen molar-refractivity contribution in [2.75, 3.05) is 59.3 Å². The summed E-state index contributed by atoms with van der Waals surface area (Å²) in [5.74, 6) is -1.87. The average molecular weight is 702 g/mol. The van der Waals surface area contributed by atoms with Crippen LogP contribution >= 0.6 is 0 Å². The second kappa shape index (κ2) is 35.6. The van der Waals surface area contributed by atoms with Crippen LogP contribution < -0.4 is 5.32 Å². The van der Waals surface area contributed by atoms with E-state index in [1.54, 1.807) is 0 Å². The summed E-state index contributed by atoms with van der Waals surface area (Å²) in [7, 11) is 0. The summed E-state index contributed by atoms with van der Waals surface area (Å²) >= 11 is 0. The Kier molecular flexibility index (Phi) is 34.0. The molecule has 0 fully saturated rings. The maximum atomic E-state index is 12.4. The number of unbranched alkanes of at least 4 members (excludes halogenated alkanes) is 11. The molecule has 2 unspecified atom stereocenters. The highest BCUT2D eigenvalue weighted by Gasteiger charge is 2.16. The third kappa shape index (κ3) is 32.7. The van der Waals surface area contributed by atoms with Crippen LogP contribution in [0.25, 0.3) is 0 Å². The van der Waals surface area contributed by atoms with Gasteiger partial charge in [0.1, 0.15) is 0 Å². The van der Waals surface area contributed by atoms with E-state index in [1.165, 1.54) is 51.4 Å². The van der Waals surface area contributed by atoms with Crippen molar-refractivity contribution in [1.82, 2.24) is 5.32 Å². The van der Waals surface area contributed by atoms with E-state index in [1.807, 2.05) is 6.92 Å². The number of carbonyl (C=O) groups excluding carboxylic acids is 4. The second-order valence-corrected chi connectivity index (χ2v) is 13.1. The quantitative estimate of drug-likeness (QED) is 0.0402. The molecule has 0 saturated heterocycles. The number of nitrogens with one attached hydrogen (secondary N) is 1. The summed E-state index contributed by atoms with van der Waals surface area (Å²) in [6.07, 6.45) is 18.1. The largest absolute Gasteiger partial charge is 0.465 e. The number of rotatable bonds is 36. The van der Waals surface area contributed by atoms with E-state index in [0.717, 1.165) is 32.1 Å². The molecule has 11 heteroatoms. The Balaban J connectivity index is 4.23. The number of esters is 4. The van der Waals surface area contributed by atoms with E-state index >= 15 is 0 Å². The zero-order chi connectivity index (χ0) is 36.2. The molecule has 0 amide bonds. The summed E-state index contributed by atoms with van der Waals surface area (Å²) in [6.45, 7) is 8.59. The maximum absolute atomic E-state index is 12.4. The van der Waals surface area contributed by atoms with Gasteiger partial charge in [0.05, 0.1) is 51.5 Å². The van der Waals surface area contributed by atoms with Crippen LogP contribution in [-0.4, -0.2) is 88.3 Å². The van der Waals surface area contributed by atoms with Gasteiger partial charge in [-0.05, 0) is 45.2 Å². The lowest BCUT2D eigenvalue weighted by Crippen LogP contribution is -2.26. The molecular formula is C38H71NO10. The first-order valence-electron chi connectivity index (χ1n) is 19.4. The van der Waals surface area contributed by atoms with Crippen LogP contribution in [0.4, 0.5) is 0 Å². The van der Waals surface area contributed by atoms with Gasteiger partial charge in [0.2, 0.25) is 0 Å². The van der Waals surface area contributed by atoms with Gasteiger partial charge in [-0.1, -0.05) is 91.4 Å². The Bertz CT molecular complexity index is 809. The molecule has 0 saturated carbocycles. The topological polar surface area (TPSA) is 147 Å². The number of aliphatic hydroxyl groups is 1. The summed E-state index contributed by atoms with van der Waals surface area (Å²) < 4.78 is 27.2. The second-order valence-electron chi connectivity index (χ2n) is 13.1. The van der Waals surface area contributed by atoms with Crippen molar-refractivity contribution < 1.29 is 48.0 Å². The number of ether oxygens (including phenoxy) is 5. The van der Waals surface area contributed by atoms with Crippen LogP contribution in [0.15, 0.2) is 0 Å². The van der Waals surface area contributed by atoms with Crippen LogP contribution in [0.1, 0.15) is 149 Å². The van der Waals surface area contributed by atoms with Gasteiger partial charge >= 0.3 is 23.9 Å². The van der Waals surface area contributed by atoms with Crippen LogP contribution in [-0.2, 0) is 42.9 Å².